The lowest BCUT2D eigenvalue weighted by Gasteiger charge is -2.30. The van der Waals surface area contributed by atoms with Crippen LogP contribution in [0.15, 0.2) is 30.3 Å². The van der Waals surface area contributed by atoms with Gasteiger partial charge in [-0.1, -0.05) is 24.6 Å². The highest BCUT2D eigenvalue weighted by Crippen LogP contribution is 2.38. The van der Waals surface area contributed by atoms with Gasteiger partial charge in [0.05, 0.1) is 6.54 Å². The first-order chi connectivity index (χ1) is 8.29. The van der Waals surface area contributed by atoms with Crippen LogP contribution in [0, 0.1) is 0 Å². The zero-order valence-electron chi connectivity index (χ0n) is 9.89. The van der Waals surface area contributed by atoms with Crippen molar-refractivity contribution in [3.63, 3.8) is 0 Å². The number of nitrogens with zero attached hydrogens (tertiary/aromatic N) is 1. The molecule has 90 valence electrons. The molecule has 1 aromatic rings. The van der Waals surface area contributed by atoms with Crippen molar-refractivity contribution in [1.82, 2.24) is 0 Å². The monoisotopic (exact) mass is 231 g/mol. The fourth-order valence-electron chi connectivity index (χ4n) is 2.89. The van der Waals surface area contributed by atoms with Crippen LogP contribution in [0.4, 0.5) is 10.5 Å². The zero-order chi connectivity index (χ0) is 11.7. The number of anilines is 1. The number of carbonyl (C=O) groups excluding carboxylic acids is 1. The van der Waals surface area contributed by atoms with E-state index in [0.717, 1.165) is 25.1 Å². The van der Waals surface area contributed by atoms with Crippen molar-refractivity contribution < 1.29 is 9.53 Å². The maximum atomic E-state index is 12.0. The van der Waals surface area contributed by atoms with Crippen LogP contribution in [0.5, 0.6) is 0 Å². The van der Waals surface area contributed by atoms with Crippen molar-refractivity contribution in [2.45, 2.75) is 37.7 Å². The molecule has 1 heterocycles. The van der Waals surface area contributed by atoms with Gasteiger partial charge in [0.2, 0.25) is 0 Å². The van der Waals surface area contributed by atoms with E-state index in [4.69, 9.17) is 4.74 Å². The first kappa shape index (κ1) is 10.6. The second kappa shape index (κ2) is 4.06. The van der Waals surface area contributed by atoms with Gasteiger partial charge in [0, 0.05) is 5.69 Å². The van der Waals surface area contributed by atoms with E-state index >= 15 is 0 Å². The molecular weight excluding hydrogens is 214 g/mol. The van der Waals surface area contributed by atoms with Crippen molar-refractivity contribution in [3.8, 4) is 0 Å². The molecule has 17 heavy (non-hydrogen) atoms. The molecule has 0 aromatic heterocycles. The molecule has 0 bridgehead atoms. The lowest BCUT2D eigenvalue weighted by atomic mass is 9.85. The smallest absolute Gasteiger partial charge is 0.415 e. The van der Waals surface area contributed by atoms with E-state index in [1.807, 2.05) is 30.3 Å². The molecule has 2 fully saturated rings. The molecule has 1 aromatic carbocycles. The SMILES string of the molecule is O=C1OC2(CCCCC2)CN1c1ccccc1. The minimum atomic E-state index is -0.203. The van der Waals surface area contributed by atoms with Crippen LogP contribution in [0.1, 0.15) is 32.1 Å². The summed E-state index contributed by atoms with van der Waals surface area (Å²) in [7, 11) is 0. The van der Waals surface area contributed by atoms with E-state index in [1.165, 1.54) is 19.3 Å². The van der Waals surface area contributed by atoms with Crippen molar-refractivity contribution in [1.29, 1.82) is 0 Å². The van der Waals surface area contributed by atoms with Crippen molar-refractivity contribution >= 4 is 11.8 Å². The molecule has 1 saturated heterocycles. The largest absolute Gasteiger partial charge is 0.441 e. The van der Waals surface area contributed by atoms with Gasteiger partial charge in [-0.25, -0.2) is 4.79 Å². The highest BCUT2D eigenvalue weighted by Gasteiger charge is 2.45. The second-order valence-corrected chi connectivity index (χ2v) is 5.03. The lowest BCUT2D eigenvalue weighted by molar-refractivity contribution is 0.0260. The van der Waals surface area contributed by atoms with E-state index in [2.05, 4.69) is 0 Å². The number of rotatable bonds is 1. The van der Waals surface area contributed by atoms with Gasteiger partial charge >= 0.3 is 6.09 Å². The van der Waals surface area contributed by atoms with E-state index in [0.29, 0.717) is 0 Å². The summed E-state index contributed by atoms with van der Waals surface area (Å²) in [4.78, 5) is 13.7. The average molecular weight is 231 g/mol. The highest BCUT2D eigenvalue weighted by atomic mass is 16.6. The summed E-state index contributed by atoms with van der Waals surface area (Å²) in [5, 5.41) is 0. The Hall–Kier alpha value is -1.51. The van der Waals surface area contributed by atoms with Crippen LogP contribution in [0.25, 0.3) is 0 Å². The summed E-state index contributed by atoms with van der Waals surface area (Å²) in [5.74, 6) is 0. The molecule has 0 N–H and O–H groups in total. The highest BCUT2D eigenvalue weighted by molar-refractivity contribution is 5.90. The van der Waals surface area contributed by atoms with Gasteiger partial charge in [-0.05, 0) is 37.8 Å². The van der Waals surface area contributed by atoms with Crippen molar-refractivity contribution in [2.75, 3.05) is 11.4 Å². The lowest BCUT2D eigenvalue weighted by Crippen LogP contribution is -2.36. The maximum absolute atomic E-state index is 12.0. The number of para-hydroxylation sites is 1. The molecule has 1 saturated carbocycles. The second-order valence-electron chi connectivity index (χ2n) is 5.03. The molecule has 0 atom stereocenters. The third kappa shape index (κ3) is 1.90. The van der Waals surface area contributed by atoms with E-state index in [9.17, 15) is 4.79 Å². The average Bonchev–Trinajstić information content (AvgIpc) is 2.68. The first-order valence-corrected chi connectivity index (χ1v) is 6.35. The predicted octanol–water partition coefficient (Wildman–Crippen LogP) is 3.35. The number of hydrogen-bond donors (Lipinski definition) is 0. The molecule has 1 spiro atoms. The van der Waals surface area contributed by atoms with Crippen LogP contribution >= 0.6 is 0 Å². The van der Waals surface area contributed by atoms with Crippen molar-refractivity contribution in [2.24, 2.45) is 0 Å². The fraction of sp³-hybridized carbons (Fsp3) is 0.500. The molecule has 3 nitrogen and oxygen atoms in total. The molecule has 3 heteroatoms. The zero-order valence-corrected chi connectivity index (χ0v) is 9.89. The molecule has 1 aliphatic heterocycles. The number of amides is 1. The first-order valence-electron chi connectivity index (χ1n) is 6.35. The topological polar surface area (TPSA) is 29.5 Å². The quantitative estimate of drug-likeness (QED) is 0.741. The van der Waals surface area contributed by atoms with Crippen LogP contribution in [0.2, 0.25) is 0 Å². The minimum Gasteiger partial charge on any atom is -0.441 e. The van der Waals surface area contributed by atoms with E-state index in [1.54, 1.807) is 4.90 Å². The summed E-state index contributed by atoms with van der Waals surface area (Å²) >= 11 is 0. The molecule has 2 aliphatic rings. The van der Waals surface area contributed by atoms with Crippen LogP contribution in [0.3, 0.4) is 0 Å². The standard InChI is InChI=1S/C14H17NO2/c16-13-15(12-7-3-1-4-8-12)11-14(17-13)9-5-2-6-10-14/h1,3-4,7-8H,2,5-6,9-11H2. The predicted molar refractivity (Wildman–Crippen MR) is 66.1 cm³/mol. The summed E-state index contributed by atoms with van der Waals surface area (Å²) < 4.78 is 5.64. The molecule has 1 amide bonds. The molecule has 0 radical (unpaired) electrons. The normalized spacial score (nSPS) is 22.8. The third-order valence-electron chi connectivity index (χ3n) is 3.80. The Labute approximate surface area is 101 Å². The Kier molecular flexibility index (Phi) is 2.54. The Balaban J connectivity index is 1.82. The molecule has 0 unspecified atom stereocenters. The summed E-state index contributed by atoms with van der Waals surface area (Å²) in [6.07, 6.45) is 5.47. The molecular formula is C14H17NO2. The number of carbonyl (C=O) groups is 1. The summed E-state index contributed by atoms with van der Waals surface area (Å²) in [5.41, 5.74) is 0.741. The van der Waals surface area contributed by atoms with Gasteiger partial charge in [-0.15, -0.1) is 0 Å². The van der Waals surface area contributed by atoms with E-state index in [-0.39, 0.29) is 11.7 Å². The number of ether oxygens (including phenoxy) is 1. The van der Waals surface area contributed by atoms with Crippen LogP contribution < -0.4 is 4.90 Å². The Morgan fingerprint density at radius 2 is 1.76 bits per heavy atom. The van der Waals surface area contributed by atoms with Crippen LogP contribution in [-0.4, -0.2) is 18.2 Å². The van der Waals surface area contributed by atoms with Gasteiger partial charge in [-0.3, -0.25) is 4.90 Å². The minimum absolute atomic E-state index is 0.182. The number of benzene rings is 1. The van der Waals surface area contributed by atoms with Crippen molar-refractivity contribution in [3.05, 3.63) is 30.3 Å². The van der Waals surface area contributed by atoms with Gasteiger partial charge in [0.25, 0.3) is 0 Å². The Morgan fingerprint density at radius 3 is 2.47 bits per heavy atom. The number of hydrogen-bond acceptors (Lipinski definition) is 2. The summed E-state index contributed by atoms with van der Waals surface area (Å²) in [6.45, 7) is 0.718. The van der Waals surface area contributed by atoms with Gasteiger partial charge < -0.3 is 4.74 Å². The fourth-order valence-corrected chi connectivity index (χ4v) is 2.89. The molecule has 3 rings (SSSR count). The van der Waals surface area contributed by atoms with Gasteiger partial charge in [0.15, 0.2) is 0 Å². The summed E-state index contributed by atoms with van der Waals surface area (Å²) in [6, 6.07) is 9.79. The third-order valence-corrected chi connectivity index (χ3v) is 3.80. The van der Waals surface area contributed by atoms with Gasteiger partial charge in [0.1, 0.15) is 5.60 Å². The maximum Gasteiger partial charge on any atom is 0.415 e. The van der Waals surface area contributed by atoms with Crippen LogP contribution in [-0.2, 0) is 4.74 Å². The molecule has 1 aliphatic carbocycles. The Bertz CT molecular complexity index is 409. The Morgan fingerprint density at radius 1 is 1.06 bits per heavy atom. The van der Waals surface area contributed by atoms with E-state index < -0.39 is 0 Å². The van der Waals surface area contributed by atoms with Gasteiger partial charge in [-0.2, -0.15) is 0 Å².